The summed E-state index contributed by atoms with van der Waals surface area (Å²) in [6.45, 7) is 2.03. The SMILES string of the molecule is COc1ccc(NC(=O)CSc2nnc(COc3ccccc3C)o2)c([N+](=O)[O-])c1. The highest BCUT2D eigenvalue weighted by Crippen LogP contribution is 2.29. The fourth-order valence-electron chi connectivity index (χ4n) is 2.42. The number of hydrogen-bond donors (Lipinski definition) is 1. The molecule has 0 spiro atoms. The molecule has 0 atom stereocenters. The summed E-state index contributed by atoms with van der Waals surface area (Å²) in [6, 6.07) is 11.7. The number of nitro benzene ring substituents is 1. The minimum atomic E-state index is -0.593. The van der Waals surface area contributed by atoms with Gasteiger partial charge in [-0.3, -0.25) is 14.9 Å². The van der Waals surface area contributed by atoms with E-state index in [1.54, 1.807) is 0 Å². The van der Waals surface area contributed by atoms with Crippen molar-refractivity contribution in [3.8, 4) is 11.5 Å². The quantitative estimate of drug-likeness (QED) is 0.307. The third kappa shape index (κ3) is 5.47. The molecule has 3 rings (SSSR count). The van der Waals surface area contributed by atoms with Crippen LogP contribution in [0.3, 0.4) is 0 Å². The lowest BCUT2D eigenvalue weighted by Gasteiger charge is -2.07. The Morgan fingerprint density at radius 2 is 2.07 bits per heavy atom. The van der Waals surface area contributed by atoms with Gasteiger partial charge in [0.15, 0.2) is 6.61 Å². The highest BCUT2D eigenvalue weighted by atomic mass is 32.2. The van der Waals surface area contributed by atoms with Gasteiger partial charge in [0.05, 0.1) is 23.9 Å². The molecule has 0 radical (unpaired) electrons. The van der Waals surface area contributed by atoms with Gasteiger partial charge >= 0.3 is 0 Å². The molecule has 11 heteroatoms. The molecule has 0 aliphatic carbocycles. The zero-order valence-electron chi connectivity index (χ0n) is 16.2. The summed E-state index contributed by atoms with van der Waals surface area (Å²) < 4.78 is 16.1. The Hall–Kier alpha value is -3.60. The number of carbonyl (C=O) groups excluding carboxylic acids is 1. The number of thioether (sulfide) groups is 1. The number of rotatable bonds is 9. The van der Waals surface area contributed by atoms with Crippen LogP contribution >= 0.6 is 11.8 Å². The van der Waals surface area contributed by atoms with Crippen molar-refractivity contribution in [2.24, 2.45) is 0 Å². The van der Waals surface area contributed by atoms with Crippen molar-refractivity contribution < 1.29 is 23.6 Å². The standard InChI is InChI=1S/C19H18N4O6S/c1-12-5-3-4-6-16(12)28-10-18-21-22-19(29-18)30-11-17(24)20-14-8-7-13(27-2)9-15(14)23(25)26/h3-9H,10-11H2,1-2H3,(H,20,24). The number of benzene rings is 2. The van der Waals surface area contributed by atoms with Crippen LogP contribution in [0, 0.1) is 17.0 Å². The largest absolute Gasteiger partial charge is 0.496 e. The molecule has 0 unspecified atom stereocenters. The number of hydrogen-bond acceptors (Lipinski definition) is 9. The normalized spacial score (nSPS) is 10.5. The summed E-state index contributed by atoms with van der Waals surface area (Å²) in [4.78, 5) is 22.8. The first-order valence-electron chi connectivity index (χ1n) is 8.72. The summed E-state index contributed by atoms with van der Waals surface area (Å²) in [6.07, 6.45) is 0. The molecule has 1 amide bonds. The lowest BCUT2D eigenvalue weighted by atomic mass is 10.2. The van der Waals surface area contributed by atoms with Gasteiger partial charge in [-0.25, -0.2) is 0 Å². The third-order valence-corrected chi connectivity index (χ3v) is 4.71. The van der Waals surface area contributed by atoms with Crippen LogP contribution in [0.15, 0.2) is 52.1 Å². The van der Waals surface area contributed by atoms with E-state index < -0.39 is 10.8 Å². The van der Waals surface area contributed by atoms with Gasteiger partial charge in [0.2, 0.25) is 5.91 Å². The molecule has 156 valence electrons. The number of aryl methyl sites for hydroxylation is 1. The number of methoxy groups -OCH3 is 1. The van der Waals surface area contributed by atoms with E-state index >= 15 is 0 Å². The van der Waals surface area contributed by atoms with Crippen LogP contribution in [-0.4, -0.2) is 33.9 Å². The number of anilines is 1. The maximum atomic E-state index is 12.2. The van der Waals surface area contributed by atoms with Crippen molar-refractivity contribution in [2.45, 2.75) is 18.8 Å². The molecule has 10 nitrogen and oxygen atoms in total. The highest BCUT2D eigenvalue weighted by Gasteiger charge is 2.18. The van der Waals surface area contributed by atoms with Crippen LogP contribution in [0.2, 0.25) is 0 Å². The number of carbonyl (C=O) groups is 1. The molecule has 30 heavy (non-hydrogen) atoms. The van der Waals surface area contributed by atoms with Crippen LogP contribution in [0.4, 0.5) is 11.4 Å². The molecule has 1 aromatic heterocycles. The molecular formula is C19H18N4O6S. The molecule has 0 bridgehead atoms. The Balaban J connectivity index is 1.53. The first-order chi connectivity index (χ1) is 14.5. The number of nitrogens with zero attached hydrogens (tertiary/aromatic N) is 3. The van der Waals surface area contributed by atoms with E-state index in [0.29, 0.717) is 11.5 Å². The summed E-state index contributed by atoms with van der Waals surface area (Å²) in [5, 5.41) is 21.6. The van der Waals surface area contributed by atoms with Crippen molar-refractivity contribution >= 4 is 29.0 Å². The van der Waals surface area contributed by atoms with Crippen molar-refractivity contribution in [1.82, 2.24) is 10.2 Å². The Morgan fingerprint density at radius 3 is 2.80 bits per heavy atom. The van der Waals surface area contributed by atoms with Crippen molar-refractivity contribution in [2.75, 3.05) is 18.2 Å². The van der Waals surface area contributed by atoms with Crippen molar-refractivity contribution in [3.05, 3.63) is 64.0 Å². The molecule has 0 aliphatic heterocycles. The van der Waals surface area contributed by atoms with Gasteiger partial charge in [-0.15, -0.1) is 10.2 Å². The molecule has 0 aliphatic rings. The Morgan fingerprint density at radius 1 is 1.27 bits per heavy atom. The maximum absolute atomic E-state index is 12.2. The second kappa shape index (κ2) is 9.74. The summed E-state index contributed by atoms with van der Waals surface area (Å²) in [5.74, 6) is 0.783. The maximum Gasteiger partial charge on any atom is 0.296 e. The smallest absolute Gasteiger partial charge is 0.296 e. The average Bonchev–Trinajstić information content (AvgIpc) is 3.19. The van der Waals surface area contributed by atoms with Crippen LogP contribution in [0.1, 0.15) is 11.5 Å². The number of amides is 1. The van der Waals surface area contributed by atoms with E-state index in [-0.39, 0.29) is 34.8 Å². The van der Waals surface area contributed by atoms with Crippen molar-refractivity contribution in [3.63, 3.8) is 0 Å². The number of aromatic nitrogens is 2. The Labute approximate surface area is 175 Å². The minimum absolute atomic E-state index is 0.0660. The second-order valence-corrected chi connectivity index (χ2v) is 6.92. The fourth-order valence-corrected chi connectivity index (χ4v) is 3.00. The molecule has 0 saturated carbocycles. The fraction of sp³-hybridized carbons (Fsp3) is 0.211. The lowest BCUT2D eigenvalue weighted by Crippen LogP contribution is -2.15. The zero-order chi connectivity index (χ0) is 21.5. The minimum Gasteiger partial charge on any atom is -0.496 e. The van der Waals surface area contributed by atoms with Crippen LogP contribution in [-0.2, 0) is 11.4 Å². The van der Waals surface area contributed by atoms with Crippen LogP contribution < -0.4 is 14.8 Å². The van der Waals surface area contributed by atoms with Crippen molar-refractivity contribution in [1.29, 1.82) is 0 Å². The van der Waals surface area contributed by atoms with E-state index in [2.05, 4.69) is 15.5 Å². The Kier molecular flexibility index (Phi) is 6.86. The predicted molar refractivity (Wildman–Crippen MR) is 109 cm³/mol. The number of para-hydroxylation sites is 1. The first kappa shape index (κ1) is 21.1. The lowest BCUT2D eigenvalue weighted by molar-refractivity contribution is -0.384. The highest BCUT2D eigenvalue weighted by molar-refractivity contribution is 7.99. The molecule has 1 N–H and O–H groups in total. The predicted octanol–water partition coefficient (Wildman–Crippen LogP) is 3.60. The molecule has 0 fully saturated rings. The number of nitro groups is 1. The van der Waals surface area contributed by atoms with Gasteiger partial charge in [0.25, 0.3) is 16.8 Å². The monoisotopic (exact) mass is 430 g/mol. The van der Waals surface area contributed by atoms with Gasteiger partial charge in [0, 0.05) is 0 Å². The molecule has 1 heterocycles. The second-order valence-electron chi connectivity index (χ2n) is 5.99. The third-order valence-electron chi connectivity index (χ3n) is 3.90. The van der Waals surface area contributed by atoms with E-state index in [4.69, 9.17) is 13.9 Å². The molecule has 3 aromatic rings. The van der Waals surface area contributed by atoms with Crippen LogP contribution in [0.25, 0.3) is 0 Å². The number of ether oxygens (including phenoxy) is 2. The van der Waals surface area contributed by atoms with Gasteiger partial charge in [-0.2, -0.15) is 0 Å². The summed E-state index contributed by atoms with van der Waals surface area (Å²) in [7, 11) is 1.40. The van der Waals surface area contributed by atoms with Gasteiger partial charge < -0.3 is 19.2 Å². The van der Waals surface area contributed by atoms with Gasteiger partial charge in [-0.1, -0.05) is 30.0 Å². The molecular weight excluding hydrogens is 412 g/mol. The van der Waals surface area contributed by atoms with Gasteiger partial charge in [-0.05, 0) is 30.7 Å². The average molecular weight is 430 g/mol. The number of nitrogens with one attached hydrogen (secondary N) is 1. The topological polar surface area (TPSA) is 130 Å². The van der Waals surface area contributed by atoms with E-state index in [9.17, 15) is 14.9 Å². The molecule has 0 saturated heterocycles. The summed E-state index contributed by atoms with van der Waals surface area (Å²) in [5.41, 5.74) is 0.793. The molecule has 2 aromatic carbocycles. The summed E-state index contributed by atoms with van der Waals surface area (Å²) >= 11 is 1.01. The van der Waals surface area contributed by atoms with E-state index in [0.717, 1.165) is 17.3 Å². The first-order valence-corrected chi connectivity index (χ1v) is 9.70. The van der Waals surface area contributed by atoms with E-state index in [1.807, 2.05) is 31.2 Å². The van der Waals surface area contributed by atoms with Gasteiger partial charge in [0.1, 0.15) is 17.2 Å². The Bertz CT molecular complexity index is 1060. The van der Waals surface area contributed by atoms with Crippen LogP contribution in [0.5, 0.6) is 11.5 Å². The van der Waals surface area contributed by atoms with E-state index in [1.165, 1.54) is 25.3 Å². The zero-order valence-corrected chi connectivity index (χ0v) is 17.0.